The summed E-state index contributed by atoms with van der Waals surface area (Å²) < 4.78 is 1.73. The summed E-state index contributed by atoms with van der Waals surface area (Å²) in [6, 6.07) is 0. The van der Waals surface area contributed by atoms with Crippen molar-refractivity contribution in [3.63, 3.8) is 0 Å². The van der Waals surface area contributed by atoms with E-state index in [1.807, 2.05) is 20.8 Å². The predicted molar refractivity (Wildman–Crippen MR) is 78.4 cm³/mol. The highest BCUT2D eigenvalue weighted by Crippen LogP contribution is 2.19. The van der Waals surface area contributed by atoms with Crippen LogP contribution in [0.15, 0.2) is 11.0 Å². The van der Waals surface area contributed by atoms with Gasteiger partial charge in [0.25, 0.3) is 5.56 Å². The Kier molecular flexibility index (Phi) is 2.96. The Morgan fingerprint density at radius 1 is 1.29 bits per heavy atom. The van der Waals surface area contributed by atoms with E-state index < -0.39 is 0 Å². The number of amides is 1. The summed E-state index contributed by atoms with van der Waals surface area (Å²) in [5.41, 5.74) is 0.0164. The number of fused-ring (bicyclic) bond motifs is 1. The zero-order chi connectivity index (χ0) is 15.2. The molecule has 8 heteroatoms. The first-order chi connectivity index (χ1) is 9.86. The van der Waals surface area contributed by atoms with Crippen LogP contribution in [0.3, 0.4) is 0 Å². The molecule has 2 aromatic rings. The number of carbonyl (C=O) groups excluding carboxylic acids is 1. The standard InChI is InChI=1S/C13H18N6O2/c1-13(2,3)19-10-8(6-15-19)11(21)17-12(16-10)18-5-4-14-9(20)7-18/h6H,4-5,7H2,1-3H3,(H,14,20)(H,16,17,21). The van der Waals surface area contributed by atoms with Gasteiger partial charge >= 0.3 is 0 Å². The first-order valence-electron chi connectivity index (χ1n) is 6.86. The van der Waals surface area contributed by atoms with Crippen LogP contribution in [0.4, 0.5) is 5.95 Å². The topological polar surface area (TPSA) is 95.9 Å². The third-order valence-corrected chi connectivity index (χ3v) is 3.40. The third kappa shape index (κ3) is 2.37. The summed E-state index contributed by atoms with van der Waals surface area (Å²) in [5.74, 6) is 0.335. The second kappa shape index (κ2) is 4.57. The van der Waals surface area contributed by atoms with Crippen molar-refractivity contribution in [1.29, 1.82) is 0 Å². The molecule has 1 amide bonds. The fourth-order valence-electron chi connectivity index (χ4n) is 2.37. The second-order valence-electron chi connectivity index (χ2n) is 6.13. The van der Waals surface area contributed by atoms with Gasteiger partial charge in [-0.05, 0) is 20.8 Å². The van der Waals surface area contributed by atoms with Crippen LogP contribution in [0.25, 0.3) is 11.0 Å². The van der Waals surface area contributed by atoms with Gasteiger partial charge in [-0.3, -0.25) is 14.6 Å². The molecule has 0 unspecified atom stereocenters. The summed E-state index contributed by atoms with van der Waals surface area (Å²) in [5, 5.41) is 7.47. The Hall–Kier alpha value is -2.38. The maximum atomic E-state index is 12.2. The molecule has 0 aliphatic carbocycles. The zero-order valence-electron chi connectivity index (χ0n) is 12.3. The molecule has 3 heterocycles. The van der Waals surface area contributed by atoms with Crippen LogP contribution >= 0.6 is 0 Å². The van der Waals surface area contributed by atoms with Crippen LogP contribution in [-0.4, -0.2) is 45.3 Å². The van der Waals surface area contributed by atoms with E-state index in [1.165, 1.54) is 6.20 Å². The number of rotatable bonds is 1. The van der Waals surface area contributed by atoms with Gasteiger partial charge < -0.3 is 10.2 Å². The SMILES string of the molecule is CC(C)(C)n1ncc2c(=O)[nH]c(N3CCNC(=O)C3)nc21. The van der Waals surface area contributed by atoms with Crippen molar-refractivity contribution in [1.82, 2.24) is 25.1 Å². The molecule has 0 saturated carbocycles. The summed E-state index contributed by atoms with van der Waals surface area (Å²) >= 11 is 0. The highest BCUT2D eigenvalue weighted by molar-refractivity contribution is 5.82. The summed E-state index contributed by atoms with van der Waals surface area (Å²) in [6.07, 6.45) is 1.53. The van der Waals surface area contributed by atoms with Crippen LogP contribution in [0.2, 0.25) is 0 Å². The maximum Gasteiger partial charge on any atom is 0.263 e. The van der Waals surface area contributed by atoms with E-state index in [2.05, 4.69) is 20.4 Å². The summed E-state index contributed by atoms with van der Waals surface area (Å²) in [4.78, 5) is 32.7. The van der Waals surface area contributed by atoms with Crippen LogP contribution in [0, 0.1) is 0 Å². The Morgan fingerprint density at radius 3 is 2.71 bits per heavy atom. The highest BCUT2D eigenvalue weighted by atomic mass is 16.2. The van der Waals surface area contributed by atoms with Gasteiger partial charge in [-0.15, -0.1) is 0 Å². The maximum absolute atomic E-state index is 12.2. The minimum absolute atomic E-state index is 0.0756. The van der Waals surface area contributed by atoms with Crippen molar-refractivity contribution in [2.75, 3.05) is 24.5 Å². The molecule has 8 nitrogen and oxygen atoms in total. The van der Waals surface area contributed by atoms with E-state index in [1.54, 1.807) is 9.58 Å². The average molecular weight is 290 g/mol. The molecular weight excluding hydrogens is 272 g/mol. The average Bonchev–Trinajstić information content (AvgIpc) is 2.83. The van der Waals surface area contributed by atoms with Crippen molar-refractivity contribution in [2.45, 2.75) is 26.3 Å². The van der Waals surface area contributed by atoms with Gasteiger partial charge in [0.1, 0.15) is 5.39 Å². The number of hydrogen-bond donors (Lipinski definition) is 2. The second-order valence-corrected chi connectivity index (χ2v) is 6.13. The molecule has 112 valence electrons. The van der Waals surface area contributed by atoms with Gasteiger partial charge in [-0.25, -0.2) is 4.68 Å². The van der Waals surface area contributed by atoms with Crippen molar-refractivity contribution in [3.05, 3.63) is 16.6 Å². The lowest BCUT2D eigenvalue weighted by Crippen LogP contribution is -2.48. The molecule has 0 atom stereocenters. The number of piperazine rings is 1. The van der Waals surface area contributed by atoms with E-state index in [-0.39, 0.29) is 23.6 Å². The van der Waals surface area contributed by atoms with Crippen LogP contribution in [-0.2, 0) is 10.3 Å². The Bertz CT molecular complexity index is 754. The normalized spacial score (nSPS) is 16.3. The Balaban J connectivity index is 2.13. The molecule has 1 saturated heterocycles. The lowest BCUT2D eigenvalue weighted by molar-refractivity contribution is -0.120. The van der Waals surface area contributed by atoms with Gasteiger partial charge in [0, 0.05) is 13.1 Å². The van der Waals surface area contributed by atoms with Gasteiger partial charge in [-0.1, -0.05) is 0 Å². The monoisotopic (exact) mass is 290 g/mol. The number of hydrogen-bond acceptors (Lipinski definition) is 5. The molecule has 2 aromatic heterocycles. The number of aromatic amines is 1. The summed E-state index contributed by atoms with van der Waals surface area (Å²) in [6.45, 7) is 7.34. The number of nitrogens with one attached hydrogen (secondary N) is 2. The van der Waals surface area contributed by atoms with E-state index in [0.29, 0.717) is 30.1 Å². The van der Waals surface area contributed by atoms with E-state index in [4.69, 9.17) is 0 Å². The highest BCUT2D eigenvalue weighted by Gasteiger charge is 2.23. The van der Waals surface area contributed by atoms with Crippen LogP contribution in [0.5, 0.6) is 0 Å². The van der Waals surface area contributed by atoms with Crippen molar-refractivity contribution >= 4 is 22.9 Å². The van der Waals surface area contributed by atoms with E-state index in [0.717, 1.165) is 0 Å². The zero-order valence-corrected chi connectivity index (χ0v) is 12.3. The first kappa shape index (κ1) is 13.6. The lowest BCUT2D eigenvalue weighted by atomic mass is 10.1. The Labute approximate surface area is 121 Å². The minimum atomic E-state index is -0.279. The predicted octanol–water partition coefficient (Wildman–Crippen LogP) is -0.189. The molecule has 1 fully saturated rings. The number of carbonyl (C=O) groups is 1. The number of nitrogens with zero attached hydrogens (tertiary/aromatic N) is 4. The first-order valence-corrected chi connectivity index (χ1v) is 6.86. The molecule has 1 aliphatic rings. The smallest absolute Gasteiger partial charge is 0.263 e. The summed E-state index contributed by atoms with van der Waals surface area (Å²) in [7, 11) is 0. The van der Waals surface area contributed by atoms with E-state index in [9.17, 15) is 9.59 Å². The Morgan fingerprint density at radius 2 is 2.05 bits per heavy atom. The van der Waals surface area contributed by atoms with Gasteiger partial charge in [0.05, 0.1) is 18.3 Å². The third-order valence-electron chi connectivity index (χ3n) is 3.40. The molecule has 1 aliphatic heterocycles. The molecule has 21 heavy (non-hydrogen) atoms. The largest absolute Gasteiger partial charge is 0.353 e. The van der Waals surface area contributed by atoms with Crippen molar-refractivity contribution in [2.24, 2.45) is 0 Å². The van der Waals surface area contributed by atoms with Crippen molar-refractivity contribution < 1.29 is 4.79 Å². The number of aromatic nitrogens is 4. The van der Waals surface area contributed by atoms with Gasteiger partial charge in [-0.2, -0.15) is 10.1 Å². The minimum Gasteiger partial charge on any atom is -0.353 e. The molecule has 2 N–H and O–H groups in total. The number of H-pyrrole nitrogens is 1. The van der Waals surface area contributed by atoms with Crippen LogP contribution in [0.1, 0.15) is 20.8 Å². The van der Waals surface area contributed by atoms with E-state index >= 15 is 0 Å². The molecule has 0 spiro atoms. The molecule has 0 aromatic carbocycles. The fraction of sp³-hybridized carbons (Fsp3) is 0.538. The van der Waals surface area contributed by atoms with Crippen LogP contribution < -0.4 is 15.8 Å². The molecular formula is C13H18N6O2. The van der Waals surface area contributed by atoms with Crippen molar-refractivity contribution in [3.8, 4) is 0 Å². The fourth-order valence-corrected chi connectivity index (χ4v) is 2.37. The number of anilines is 1. The molecule has 0 radical (unpaired) electrons. The molecule has 0 bridgehead atoms. The lowest BCUT2D eigenvalue weighted by Gasteiger charge is -2.27. The molecule has 3 rings (SSSR count). The quantitative estimate of drug-likeness (QED) is 0.759. The van der Waals surface area contributed by atoms with Gasteiger partial charge in [0.2, 0.25) is 11.9 Å². The van der Waals surface area contributed by atoms with Gasteiger partial charge in [0.15, 0.2) is 5.65 Å².